The van der Waals surface area contributed by atoms with Gasteiger partial charge in [0.05, 0.1) is 7.11 Å². The Morgan fingerprint density at radius 1 is 1.50 bits per heavy atom. The number of hydrogen-bond donors (Lipinski definition) is 1. The van der Waals surface area contributed by atoms with Gasteiger partial charge in [0.15, 0.2) is 5.82 Å². The second-order valence-electron chi connectivity index (χ2n) is 3.42. The second-order valence-corrected chi connectivity index (χ2v) is 3.42. The van der Waals surface area contributed by atoms with Crippen LogP contribution in [0.5, 0.6) is 0 Å². The summed E-state index contributed by atoms with van der Waals surface area (Å²) in [5, 5.41) is 7.09. The van der Waals surface area contributed by atoms with Crippen LogP contribution in [0.2, 0.25) is 0 Å². The molecule has 2 heterocycles. The molecule has 2 aromatic rings. The number of nitrogens with one attached hydrogen (secondary N) is 1. The first-order valence-corrected chi connectivity index (χ1v) is 5.46. The first kappa shape index (κ1) is 12.0. The number of esters is 1. The van der Waals surface area contributed by atoms with Crippen LogP contribution in [0.3, 0.4) is 0 Å². The molecule has 7 heteroatoms. The molecule has 1 N–H and O–H groups in total. The highest BCUT2D eigenvalue weighted by Gasteiger charge is 2.12. The van der Waals surface area contributed by atoms with Crippen molar-refractivity contribution in [1.82, 2.24) is 19.7 Å². The van der Waals surface area contributed by atoms with E-state index in [0.717, 1.165) is 12.4 Å². The maximum Gasteiger partial charge on any atom is 0.377 e. The van der Waals surface area contributed by atoms with E-state index < -0.39 is 5.97 Å². The third-order valence-electron chi connectivity index (χ3n) is 2.19. The number of carbonyl (C=O) groups is 1. The van der Waals surface area contributed by atoms with E-state index in [2.05, 4.69) is 25.1 Å². The quantitative estimate of drug-likeness (QED) is 0.808. The fourth-order valence-electron chi connectivity index (χ4n) is 1.39. The van der Waals surface area contributed by atoms with E-state index in [0.29, 0.717) is 5.82 Å². The first-order valence-electron chi connectivity index (χ1n) is 5.46. The minimum atomic E-state index is -0.573. The molecular weight excluding hydrogens is 234 g/mol. The predicted octanol–water partition coefficient (Wildman–Crippen LogP) is 0.881. The standard InChI is InChI=1S/C11H13N5O2/c1-3-12-8-5-4-6-9(14-8)16-7-13-10(15-16)11(17)18-2/h4-7H,3H2,1-2H3,(H,12,14). The Balaban J connectivity index is 2.28. The molecule has 0 bridgehead atoms. The fraction of sp³-hybridized carbons (Fsp3) is 0.273. The molecule has 2 aromatic heterocycles. The zero-order chi connectivity index (χ0) is 13.0. The summed E-state index contributed by atoms with van der Waals surface area (Å²) < 4.78 is 5.96. The molecule has 0 radical (unpaired) electrons. The number of rotatable bonds is 4. The van der Waals surface area contributed by atoms with Crippen molar-refractivity contribution >= 4 is 11.8 Å². The van der Waals surface area contributed by atoms with Crippen molar-refractivity contribution < 1.29 is 9.53 Å². The third kappa shape index (κ3) is 2.45. The molecule has 0 saturated carbocycles. The van der Waals surface area contributed by atoms with Gasteiger partial charge in [0, 0.05) is 6.54 Å². The smallest absolute Gasteiger partial charge is 0.377 e. The molecule has 0 spiro atoms. The second kappa shape index (κ2) is 5.26. The number of anilines is 1. The molecule has 0 atom stereocenters. The van der Waals surface area contributed by atoms with Crippen molar-refractivity contribution in [2.24, 2.45) is 0 Å². The summed E-state index contributed by atoms with van der Waals surface area (Å²) in [5.41, 5.74) is 0. The SMILES string of the molecule is CCNc1cccc(-n2cnc(C(=O)OC)n2)n1. The lowest BCUT2D eigenvalue weighted by Gasteiger charge is -2.04. The van der Waals surface area contributed by atoms with Crippen molar-refractivity contribution in [3.63, 3.8) is 0 Å². The summed E-state index contributed by atoms with van der Waals surface area (Å²) in [4.78, 5) is 19.4. The van der Waals surface area contributed by atoms with Crippen molar-refractivity contribution in [2.75, 3.05) is 19.0 Å². The van der Waals surface area contributed by atoms with Gasteiger partial charge in [-0.15, -0.1) is 5.10 Å². The van der Waals surface area contributed by atoms with Crippen molar-refractivity contribution in [1.29, 1.82) is 0 Å². The van der Waals surface area contributed by atoms with Crippen LogP contribution in [0.15, 0.2) is 24.5 Å². The zero-order valence-corrected chi connectivity index (χ0v) is 10.1. The average molecular weight is 247 g/mol. The van der Waals surface area contributed by atoms with Gasteiger partial charge in [0.25, 0.3) is 5.82 Å². The van der Waals surface area contributed by atoms with E-state index in [1.165, 1.54) is 18.1 Å². The summed E-state index contributed by atoms with van der Waals surface area (Å²) in [6.07, 6.45) is 1.42. The molecule has 0 saturated heterocycles. The lowest BCUT2D eigenvalue weighted by molar-refractivity contribution is 0.0587. The minimum Gasteiger partial charge on any atom is -0.463 e. The van der Waals surface area contributed by atoms with E-state index in [-0.39, 0.29) is 5.82 Å². The first-order chi connectivity index (χ1) is 8.74. The van der Waals surface area contributed by atoms with Gasteiger partial charge in [0.2, 0.25) is 0 Å². The van der Waals surface area contributed by atoms with Gasteiger partial charge in [-0.05, 0) is 19.1 Å². The Kier molecular flexibility index (Phi) is 3.52. The molecule has 0 aromatic carbocycles. The molecule has 0 fully saturated rings. The fourth-order valence-corrected chi connectivity index (χ4v) is 1.39. The van der Waals surface area contributed by atoms with Gasteiger partial charge in [-0.3, -0.25) is 0 Å². The Hall–Kier alpha value is -2.44. The molecule has 0 aliphatic rings. The van der Waals surface area contributed by atoms with Crippen LogP contribution in [0.4, 0.5) is 5.82 Å². The predicted molar refractivity (Wildman–Crippen MR) is 64.7 cm³/mol. The van der Waals surface area contributed by atoms with Crippen LogP contribution < -0.4 is 5.32 Å². The summed E-state index contributed by atoms with van der Waals surface area (Å²) in [6.45, 7) is 2.76. The third-order valence-corrected chi connectivity index (χ3v) is 2.19. The van der Waals surface area contributed by atoms with Gasteiger partial charge in [-0.25, -0.2) is 19.4 Å². The van der Waals surface area contributed by atoms with E-state index in [4.69, 9.17) is 0 Å². The normalized spacial score (nSPS) is 10.1. The molecule has 0 aliphatic carbocycles. The highest BCUT2D eigenvalue weighted by atomic mass is 16.5. The van der Waals surface area contributed by atoms with E-state index in [1.807, 2.05) is 19.1 Å². The molecule has 7 nitrogen and oxygen atoms in total. The van der Waals surface area contributed by atoms with Crippen LogP contribution >= 0.6 is 0 Å². The molecular formula is C11H13N5O2. The Morgan fingerprint density at radius 3 is 3.06 bits per heavy atom. The summed E-state index contributed by atoms with van der Waals surface area (Å²) in [6, 6.07) is 5.47. The molecule has 0 aliphatic heterocycles. The van der Waals surface area contributed by atoms with Crippen LogP contribution in [0.25, 0.3) is 5.82 Å². The van der Waals surface area contributed by atoms with Crippen LogP contribution in [-0.4, -0.2) is 39.4 Å². The largest absolute Gasteiger partial charge is 0.463 e. The number of aromatic nitrogens is 4. The molecule has 18 heavy (non-hydrogen) atoms. The van der Waals surface area contributed by atoms with Crippen LogP contribution in [-0.2, 0) is 4.74 Å². The molecule has 94 valence electrons. The van der Waals surface area contributed by atoms with Gasteiger partial charge in [0.1, 0.15) is 12.1 Å². The molecule has 0 unspecified atom stereocenters. The average Bonchev–Trinajstić information content (AvgIpc) is 2.88. The monoisotopic (exact) mass is 247 g/mol. The highest BCUT2D eigenvalue weighted by Crippen LogP contribution is 2.08. The van der Waals surface area contributed by atoms with Gasteiger partial charge in [-0.2, -0.15) is 0 Å². The van der Waals surface area contributed by atoms with Crippen molar-refractivity contribution in [3.05, 3.63) is 30.4 Å². The lowest BCUT2D eigenvalue weighted by atomic mass is 10.4. The van der Waals surface area contributed by atoms with Gasteiger partial charge in [-0.1, -0.05) is 6.07 Å². The Morgan fingerprint density at radius 2 is 2.33 bits per heavy atom. The maximum absolute atomic E-state index is 11.2. The lowest BCUT2D eigenvalue weighted by Crippen LogP contribution is -2.06. The van der Waals surface area contributed by atoms with E-state index >= 15 is 0 Å². The van der Waals surface area contributed by atoms with Gasteiger partial charge >= 0.3 is 5.97 Å². The Labute approximate surface area is 104 Å². The topological polar surface area (TPSA) is 81.9 Å². The number of pyridine rings is 1. The van der Waals surface area contributed by atoms with Crippen LogP contribution in [0.1, 0.15) is 17.5 Å². The molecule has 2 rings (SSSR count). The number of hydrogen-bond acceptors (Lipinski definition) is 6. The summed E-state index contributed by atoms with van der Waals surface area (Å²) >= 11 is 0. The van der Waals surface area contributed by atoms with Crippen molar-refractivity contribution in [3.8, 4) is 5.82 Å². The van der Waals surface area contributed by atoms with E-state index in [1.54, 1.807) is 6.07 Å². The van der Waals surface area contributed by atoms with E-state index in [9.17, 15) is 4.79 Å². The van der Waals surface area contributed by atoms with Crippen LogP contribution in [0, 0.1) is 0 Å². The zero-order valence-electron chi connectivity index (χ0n) is 10.1. The number of nitrogens with zero attached hydrogens (tertiary/aromatic N) is 4. The maximum atomic E-state index is 11.2. The summed E-state index contributed by atoms with van der Waals surface area (Å²) in [7, 11) is 1.28. The number of ether oxygens (including phenoxy) is 1. The summed E-state index contributed by atoms with van der Waals surface area (Å²) in [5.74, 6) is 0.756. The minimum absolute atomic E-state index is 0.00755. The highest BCUT2D eigenvalue weighted by molar-refractivity contribution is 5.84. The molecule has 0 amide bonds. The van der Waals surface area contributed by atoms with Crippen molar-refractivity contribution in [2.45, 2.75) is 6.92 Å². The van der Waals surface area contributed by atoms with Gasteiger partial charge < -0.3 is 10.1 Å². The Bertz CT molecular complexity index is 552. The number of methoxy groups -OCH3 is 1. The number of carbonyl (C=O) groups excluding carboxylic acids is 1.